The molecule has 0 radical (unpaired) electrons. The third-order valence-electron chi connectivity index (χ3n) is 2.35. The van der Waals surface area contributed by atoms with Crippen LogP contribution < -0.4 is 19.6 Å². The summed E-state index contributed by atoms with van der Waals surface area (Å²) in [6, 6.07) is 0. The molecule has 2 atom stereocenters. The zero-order valence-electron chi connectivity index (χ0n) is 11.9. The van der Waals surface area contributed by atoms with Gasteiger partial charge in [-0.15, -0.1) is 0 Å². The Bertz CT molecular complexity index is 335. The molecule has 0 aliphatic rings. The van der Waals surface area contributed by atoms with Crippen LogP contribution >= 0.6 is 15.6 Å². The topological polar surface area (TPSA) is 145 Å². The maximum absolute atomic E-state index is 10.7. The predicted molar refractivity (Wildman–Crippen MR) is 63.9 cm³/mol. The molecule has 0 spiro atoms. The Hall–Kier alpha value is 0.220. The van der Waals surface area contributed by atoms with E-state index in [0.717, 1.165) is 0 Å². The van der Waals surface area contributed by atoms with E-state index in [1.54, 1.807) is 27.7 Å². The Morgan fingerprint density at radius 3 is 1.15 bits per heavy atom. The van der Waals surface area contributed by atoms with Crippen molar-refractivity contribution in [2.24, 2.45) is 11.8 Å². The van der Waals surface area contributed by atoms with Crippen molar-refractivity contribution in [3.05, 3.63) is 0 Å². The molecule has 0 aliphatic heterocycles. The van der Waals surface area contributed by atoms with E-state index in [2.05, 4.69) is 9.05 Å². The minimum Gasteiger partial charge on any atom is -0.790 e. The summed E-state index contributed by atoms with van der Waals surface area (Å²) >= 11 is 0. The van der Waals surface area contributed by atoms with Crippen LogP contribution in [-0.2, 0) is 18.2 Å². The number of rotatable bonds is 9. The van der Waals surface area contributed by atoms with Crippen LogP contribution in [0.3, 0.4) is 0 Å². The van der Waals surface area contributed by atoms with Gasteiger partial charge in [-0.25, -0.2) is 0 Å². The maximum Gasteiger partial charge on any atom is 0.0895 e. The molecule has 0 N–H and O–H groups in total. The molecule has 20 heavy (non-hydrogen) atoms. The van der Waals surface area contributed by atoms with Gasteiger partial charge < -0.3 is 37.8 Å². The molecule has 10 heteroatoms. The lowest BCUT2D eigenvalue weighted by Gasteiger charge is -2.41. The van der Waals surface area contributed by atoms with Gasteiger partial charge >= 0.3 is 0 Å². The highest BCUT2D eigenvalue weighted by atomic mass is 31.2. The van der Waals surface area contributed by atoms with Gasteiger partial charge in [0, 0.05) is 0 Å². The normalized spacial score (nSPS) is 16.7. The number of hydrogen-bond acceptors (Lipinski definition) is 8. The second-order valence-electron chi connectivity index (χ2n) is 5.44. The summed E-state index contributed by atoms with van der Waals surface area (Å²) in [5.41, 5.74) is 0. The quantitative estimate of drug-likeness (QED) is 0.515. The standard InChI is InChI=1S/C10H24O8P2/c1-7(2)5-9(17-19(11,12)13)10(6-8(3)4)18-20(14,15)16/h7-10H,5-6H2,1-4H3,(H2,11,12,13)(H2,14,15,16)/p-4/t9-,10+. The fourth-order valence-corrected chi connectivity index (χ4v) is 2.89. The summed E-state index contributed by atoms with van der Waals surface area (Å²) in [5, 5.41) is 0. The van der Waals surface area contributed by atoms with Crippen molar-refractivity contribution in [2.75, 3.05) is 0 Å². The molecule has 0 aromatic rings. The Kier molecular flexibility index (Phi) is 8.10. The molecule has 0 aliphatic carbocycles. The second kappa shape index (κ2) is 8.01. The molecular weight excluding hydrogens is 310 g/mol. The third-order valence-corrected chi connectivity index (χ3v) is 3.41. The zero-order valence-corrected chi connectivity index (χ0v) is 13.7. The summed E-state index contributed by atoms with van der Waals surface area (Å²) in [4.78, 5) is 43.0. The van der Waals surface area contributed by atoms with Crippen molar-refractivity contribution in [1.29, 1.82) is 0 Å². The van der Waals surface area contributed by atoms with Crippen LogP contribution in [0.25, 0.3) is 0 Å². The molecule has 0 bridgehead atoms. The monoisotopic (exact) mass is 330 g/mol. The molecule has 0 aromatic carbocycles. The highest BCUT2D eigenvalue weighted by Gasteiger charge is 2.27. The van der Waals surface area contributed by atoms with Crippen molar-refractivity contribution in [2.45, 2.75) is 52.7 Å². The minimum absolute atomic E-state index is 0.0753. The van der Waals surface area contributed by atoms with E-state index in [1.165, 1.54) is 0 Å². The zero-order chi connectivity index (χ0) is 16.1. The van der Waals surface area contributed by atoms with Crippen LogP contribution in [0, 0.1) is 11.8 Å². The number of hydrogen-bond donors (Lipinski definition) is 0. The highest BCUT2D eigenvalue weighted by molar-refractivity contribution is 7.43. The van der Waals surface area contributed by atoms with E-state index < -0.39 is 27.9 Å². The molecule has 8 nitrogen and oxygen atoms in total. The maximum atomic E-state index is 10.7. The van der Waals surface area contributed by atoms with Crippen molar-refractivity contribution in [3.63, 3.8) is 0 Å². The Balaban J connectivity index is 5.15. The van der Waals surface area contributed by atoms with Crippen LogP contribution in [0.1, 0.15) is 40.5 Å². The summed E-state index contributed by atoms with van der Waals surface area (Å²) in [6.45, 7) is 6.93. The molecular formula is C10H20O8P2-4. The highest BCUT2D eigenvalue weighted by Crippen LogP contribution is 2.38. The molecule has 0 fully saturated rings. The van der Waals surface area contributed by atoms with Crippen molar-refractivity contribution in [3.8, 4) is 0 Å². The van der Waals surface area contributed by atoms with Crippen LogP contribution in [-0.4, -0.2) is 12.2 Å². The summed E-state index contributed by atoms with van der Waals surface area (Å²) in [5.74, 6) is -0.162. The third kappa shape index (κ3) is 10.9. The minimum atomic E-state index is -5.31. The second-order valence-corrected chi connectivity index (χ2v) is 7.65. The van der Waals surface area contributed by atoms with E-state index in [4.69, 9.17) is 0 Å². The lowest BCUT2D eigenvalue weighted by atomic mass is 9.96. The van der Waals surface area contributed by atoms with Crippen molar-refractivity contribution >= 4 is 15.6 Å². The SMILES string of the molecule is CC(C)C[C@H](OP(=O)([O-])[O-])[C@@H](CC(C)C)OP(=O)([O-])[O-]. The largest absolute Gasteiger partial charge is 0.790 e. The average Bonchev–Trinajstić information content (AvgIpc) is 2.09. The Labute approximate surface area is 119 Å². The molecule has 0 heterocycles. The lowest BCUT2D eigenvalue weighted by molar-refractivity contribution is -0.357. The van der Waals surface area contributed by atoms with E-state index in [-0.39, 0.29) is 24.7 Å². The van der Waals surface area contributed by atoms with Crippen molar-refractivity contribution < 1.29 is 37.8 Å². The van der Waals surface area contributed by atoms with Gasteiger partial charge in [-0.3, -0.25) is 0 Å². The fourth-order valence-electron chi connectivity index (χ4n) is 1.79. The van der Waals surface area contributed by atoms with Gasteiger partial charge in [0.15, 0.2) is 0 Å². The average molecular weight is 330 g/mol. The Morgan fingerprint density at radius 1 is 0.750 bits per heavy atom. The first kappa shape index (κ1) is 20.2. The van der Waals surface area contributed by atoms with Crippen molar-refractivity contribution in [1.82, 2.24) is 0 Å². The van der Waals surface area contributed by atoms with E-state index in [0.29, 0.717) is 0 Å². The number of phosphoric acid groups is 2. The molecule has 0 rings (SSSR count). The van der Waals surface area contributed by atoms with Crippen LogP contribution in [0.4, 0.5) is 0 Å². The van der Waals surface area contributed by atoms with Gasteiger partial charge in [0.25, 0.3) is 0 Å². The lowest BCUT2D eigenvalue weighted by Crippen LogP contribution is -2.38. The fraction of sp³-hybridized carbons (Fsp3) is 1.00. The Morgan fingerprint density at radius 2 is 1.00 bits per heavy atom. The predicted octanol–water partition coefficient (Wildman–Crippen LogP) is -0.494. The molecule has 122 valence electrons. The van der Waals surface area contributed by atoms with Gasteiger partial charge in [0.2, 0.25) is 0 Å². The smallest absolute Gasteiger partial charge is 0.0895 e. The molecule has 0 saturated heterocycles. The first-order valence-corrected chi connectivity index (χ1v) is 9.13. The first-order chi connectivity index (χ1) is 8.80. The van der Waals surface area contributed by atoms with Gasteiger partial charge in [-0.1, -0.05) is 27.7 Å². The first-order valence-electron chi connectivity index (χ1n) is 6.21. The summed E-state index contributed by atoms with van der Waals surface area (Å²) in [7, 11) is -10.6. The van der Waals surface area contributed by atoms with Gasteiger partial charge in [-0.05, 0) is 24.7 Å². The molecule has 0 saturated carbocycles. The van der Waals surface area contributed by atoms with E-state index in [9.17, 15) is 28.7 Å². The summed E-state index contributed by atoms with van der Waals surface area (Å²) < 4.78 is 30.3. The van der Waals surface area contributed by atoms with Crippen LogP contribution in [0.2, 0.25) is 0 Å². The molecule has 0 amide bonds. The summed E-state index contributed by atoms with van der Waals surface area (Å²) in [6.07, 6.45) is -2.44. The molecule has 0 unspecified atom stereocenters. The van der Waals surface area contributed by atoms with Crippen LogP contribution in [0.15, 0.2) is 0 Å². The van der Waals surface area contributed by atoms with E-state index >= 15 is 0 Å². The number of phosphoric ester groups is 2. The van der Waals surface area contributed by atoms with Crippen LogP contribution in [0.5, 0.6) is 0 Å². The van der Waals surface area contributed by atoms with E-state index in [1.807, 2.05) is 0 Å². The van der Waals surface area contributed by atoms with Gasteiger partial charge in [0.05, 0.1) is 27.9 Å². The van der Waals surface area contributed by atoms with Gasteiger partial charge in [0.1, 0.15) is 0 Å². The molecule has 0 aromatic heterocycles. The van der Waals surface area contributed by atoms with Gasteiger partial charge in [-0.2, -0.15) is 0 Å².